The summed E-state index contributed by atoms with van der Waals surface area (Å²) in [5.74, 6) is 0.00739. The SMILES string of the molecule is COCC(Cc1ccccc1)N(C)C(=O)c1scnc1C. The molecular weight excluding hydrogens is 284 g/mol. The molecule has 0 radical (unpaired) electrons. The summed E-state index contributed by atoms with van der Waals surface area (Å²) in [5, 5.41) is 0. The van der Waals surface area contributed by atoms with E-state index in [0.29, 0.717) is 11.5 Å². The zero-order valence-electron chi connectivity index (χ0n) is 12.6. The number of aryl methyl sites for hydroxylation is 1. The third-order valence-corrected chi connectivity index (χ3v) is 4.40. The summed E-state index contributed by atoms with van der Waals surface area (Å²) in [7, 11) is 3.49. The molecule has 2 rings (SSSR count). The van der Waals surface area contributed by atoms with Gasteiger partial charge in [-0.2, -0.15) is 0 Å². The van der Waals surface area contributed by atoms with Gasteiger partial charge in [0, 0.05) is 14.2 Å². The highest BCUT2D eigenvalue weighted by Gasteiger charge is 2.23. The number of ether oxygens (including phenoxy) is 1. The van der Waals surface area contributed by atoms with Crippen LogP contribution in [0.5, 0.6) is 0 Å². The number of rotatable bonds is 6. The van der Waals surface area contributed by atoms with Gasteiger partial charge in [-0.3, -0.25) is 4.79 Å². The van der Waals surface area contributed by atoms with Gasteiger partial charge in [-0.1, -0.05) is 30.3 Å². The van der Waals surface area contributed by atoms with Gasteiger partial charge in [0.05, 0.1) is 23.9 Å². The van der Waals surface area contributed by atoms with E-state index in [9.17, 15) is 4.79 Å². The molecule has 1 aromatic carbocycles. The van der Waals surface area contributed by atoms with Crippen molar-refractivity contribution in [3.63, 3.8) is 0 Å². The minimum atomic E-state index is 0.00593. The molecule has 2 aromatic rings. The molecule has 1 atom stereocenters. The molecule has 1 aromatic heterocycles. The quantitative estimate of drug-likeness (QED) is 0.824. The van der Waals surface area contributed by atoms with E-state index in [1.54, 1.807) is 17.5 Å². The summed E-state index contributed by atoms with van der Waals surface area (Å²) < 4.78 is 5.29. The molecule has 0 fully saturated rings. The van der Waals surface area contributed by atoms with Crippen LogP contribution in [0.4, 0.5) is 0 Å². The second kappa shape index (κ2) is 7.33. The van der Waals surface area contributed by atoms with E-state index in [1.165, 1.54) is 16.9 Å². The number of hydrogen-bond donors (Lipinski definition) is 0. The fourth-order valence-corrected chi connectivity index (χ4v) is 3.00. The van der Waals surface area contributed by atoms with E-state index < -0.39 is 0 Å². The Kier molecular flexibility index (Phi) is 5.47. The second-order valence-corrected chi connectivity index (χ2v) is 5.84. The molecule has 0 saturated carbocycles. The van der Waals surface area contributed by atoms with Crippen LogP contribution in [0.3, 0.4) is 0 Å². The van der Waals surface area contributed by atoms with E-state index in [0.717, 1.165) is 12.1 Å². The minimum Gasteiger partial charge on any atom is -0.383 e. The minimum absolute atomic E-state index is 0.00593. The number of hydrogen-bond acceptors (Lipinski definition) is 4. The van der Waals surface area contributed by atoms with Gasteiger partial charge < -0.3 is 9.64 Å². The van der Waals surface area contributed by atoms with Crippen molar-refractivity contribution in [1.82, 2.24) is 9.88 Å². The van der Waals surface area contributed by atoms with Crippen molar-refractivity contribution in [2.75, 3.05) is 20.8 Å². The Morgan fingerprint density at radius 2 is 2.10 bits per heavy atom. The van der Waals surface area contributed by atoms with Gasteiger partial charge in [0.2, 0.25) is 0 Å². The largest absolute Gasteiger partial charge is 0.383 e. The number of nitrogens with zero attached hydrogens (tertiary/aromatic N) is 2. The number of aromatic nitrogens is 1. The number of carbonyl (C=O) groups excluding carboxylic acids is 1. The van der Waals surface area contributed by atoms with Gasteiger partial charge in [0.25, 0.3) is 5.91 Å². The number of thiazole rings is 1. The summed E-state index contributed by atoms with van der Waals surface area (Å²) in [6.45, 7) is 2.37. The van der Waals surface area contributed by atoms with E-state index in [4.69, 9.17) is 4.74 Å². The molecule has 1 unspecified atom stereocenters. The standard InChI is InChI=1S/C16H20N2O2S/c1-12-15(21-11-17-12)16(19)18(2)14(10-20-3)9-13-7-5-4-6-8-13/h4-8,11,14H,9-10H2,1-3H3. The molecule has 4 nitrogen and oxygen atoms in total. The van der Waals surface area contributed by atoms with Crippen LogP contribution in [0.2, 0.25) is 0 Å². The first-order chi connectivity index (χ1) is 10.1. The lowest BCUT2D eigenvalue weighted by molar-refractivity contribution is 0.0608. The predicted octanol–water partition coefficient (Wildman–Crippen LogP) is 2.78. The number of amides is 1. The first kappa shape index (κ1) is 15.7. The molecule has 0 N–H and O–H groups in total. The Labute approximate surface area is 129 Å². The Hall–Kier alpha value is -1.72. The summed E-state index contributed by atoms with van der Waals surface area (Å²) >= 11 is 1.38. The van der Waals surface area contributed by atoms with Gasteiger partial charge in [-0.05, 0) is 18.9 Å². The van der Waals surface area contributed by atoms with E-state index in [1.807, 2.05) is 32.2 Å². The summed E-state index contributed by atoms with van der Waals surface area (Å²) in [4.78, 5) is 19.2. The van der Waals surface area contributed by atoms with Crippen LogP contribution in [-0.2, 0) is 11.2 Å². The fraction of sp³-hybridized carbons (Fsp3) is 0.375. The number of carbonyl (C=O) groups is 1. The first-order valence-corrected chi connectivity index (χ1v) is 7.71. The van der Waals surface area contributed by atoms with Crippen LogP contribution in [0.15, 0.2) is 35.8 Å². The lowest BCUT2D eigenvalue weighted by atomic mass is 10.1. The summed E-state index contributed by atoms with van der Waals surface area (Å²) in [6.07, 6.45) is 0.773. The first-order valence-electron chi connectivity index (χ1n) is 6.83. The lowest BCUT2D eigenvalue weighted by Crippen LogP contribution is -2.41. The predicted molar refractivity (Wildman–Crippen MR) is 84.8 cm³/mol. The van der Waals surface area contributed by atoms with Crippen LogP contribution < -0.4 is 0 Å². The van der Waals surface area contributed by atoms with Crippen LogP contribution >= 0.6 is 11.3 Å². The van der Waals surface area contributed by atoms with Crippen molar-refractivity contribution in [2.45, 2.75) is 19.4 Å². The number of benzene rings is 1. The highest BCUT2D eigenvalue weighted by Crippen LogP contribution is 2.17. The molecule has 0 aliphatic heterocycles. The highest BCUT2D eigenvalue weighted by atomic mass is 32.1. The van der Waals surface area contributed by atoms with Crippen molar-refractivity contribution in [3.05, 3.63) is 52.0 Å². The molecule has 5 heteroatoms. The maximum Gasteiger partial charge on any atom is 0.265 e. The van der Waals surface area contributed by atoms with Crippen molar-refractivity contribution in [2.24, 2.45) is 0 Å². The average molecular weight is 304 g/mol. The van der Waals surface area contributed by atoms with E-state index >= 15 is 0 Å². The van der Waals surface area contributed by atoms with Gasteiger partial charge in [0.1, 0.15) is 4.88 Å². The monoisotopic (exact) mass is 304 g/mol. The Balaban J connectivity index is 2.13. The zero-order valence-corrected chi connectivity index (χ0v) is 13.4. The average Bonchev–Trinajstić information content (AvgIpc) is 2.92. The lowest BCUT2D eigenvalue weighted by Gasteiger charge is -2.27. The van der Waals surface area contributed by atoms with Gasteiger partial charge >= 0.3 is 0 Å². The zero-order chi connectivity index (χ0) is 15.2. The Morgan fingerprint density at radius 3 is 2.67 bits per heavy atom. The third kappa shape index (κ3) is 3.89. The van der Waals surface area contributed by atoms with Gasteiger partial charge in [-0.25, -0.2) is 4.98 Å². The molecule has 0 bridgehead atoms. The van der Waals surface area contributed by atoms with Crippen molar-refractivity contribution < 1.29 is 9.53 Å². The summed E-state index contributed by atoms with van der Waals surface area (Å²) in [6, 6.07) is 10.1. The van der Waals surface area contributed by atoms with Crippen LogP contribution in [0.1, 0.15) is 20.9 Å². The molecule has 112 valence electrons. The smallest absolute Gasteiger partial charge is 0.265 e. The maximum absolute atomic E-state index is 12.6. The van der Waals surface area contributed by atoms with E-state index in [2.05, 4.69) is 17.1 Å². The molecule has 0 spiro atoms. The number of methoxy groups -OCH3 is 1. The van der Waals surface area contributed by atoms with Crippen molar-refractivity contribution >= 4 is 17.2 Å². The molecule has 21 heavy (non-hydrogen) atoms. The summed E-state index contributed by atoms with van der Waals surface area (Å²) in [5.41, 5.74) is 3.69. The van der Waals surface area contributed by atoms with Crippen LogP contribution in [-0.4, -0.2) is 42.6 Å². The molecule has 1 heterocycles. The normalized spacial score (nSPS) is 12.1. The third-order valence-electron chi connectivity index (χ3n) is 3.48. The molecule has 0 aliphatic rings. The van der Waals surface area contributed by atoms with Crippen molar-refractivity contribution in [3.8, 4) is 0 Å². The molecule has 0 aliphatic carbocycles. The van der Waals surface area contributed by atoms with Crippen molar-refractivity contribution in [1.29, 1.82) is 0 Å². The number of likely N-dealkylation sites (N-methyl/N-ethyl adjacent to an activating group) is 1. The molecular formula is C16H20N2O2S. The Morgan fingerprint density at radius 1 is 1.38 bits per heavy atom. The van der Waals surface area contributed by atoms with Crippen LogP contribution in [0, 0.1) is 6.92 Å². The maximum atomic E-state index is 12.6. The second-order valence-electron chi connectivity index (χ2n) is 4.98. The highest BCUT2D eigenvalue weighted by molar-refractivity contribution is 7.11. The fourth-order valence-electron chi connectivity index (χ4n) is 2.22. The molecule has 1 amide bonds. The van der Waals surface area contributed by atoms with E-state index in [-0.39, 0.29) is 11.9 Å². The van der Waals surface area contributed by atoms with Crippen LogP contribution in [0.25, 0.3) is 0 Å². The molecule has 0 saturated heterocycles. The van der Waals surface area contributed by atoms with Gasteiger partial charge in [-0.15, -0.1) is 11.3 Å². The topological polar surface area (TPSA) is 42.4 Å². The Bertz CT molecular complexity index is 583. The van der Waals surface area contributed by atoms with Gasteiger partial charge in [0.15, 0.2) is 0 Å².